The molecule has 1 aliphatic carbocycles. The van der Waals surface area contributed by atoms with E-state index in [9.17, 15) is 0 Å². The Balaban J connectivity index is 1.63. The van der Waals surface area contributed by atoms with E-state index in [1.807, 2.05) is 6.08 Å². The van der Waals surface area contributed by atoms with Crippen molar-refractivity contribution in [3.63, 3.8) is 0 Å². The average molecular weight is 265 g/mol. The minimum Gasteiger partial charge on any atom is -0.377 e. The SMILES string of the molecule is C=CCOC[C@@]12CCCO[C@@H]1CCN(CC1CC1)C2. The zero-order valence-corrected chi connectivity index (χ0v) is 12.0. The van der Waals surface area contributed by atoms with E-state index in [1.54, 1.807) is 0 Å². The lowest BCUT2D eigenvalue weighted by molar-refractivity contribution is -0.151. The number of piperidine rings is 1. The Morgan fingerprint density at radius 2 is 2.26 bits per heavy atom. The number of hydrogen-bond acceptors (Lipinski definition) is 3. The quantitative estimate of drug-likeness (QED) is 0.544. The number of hydrogen-bond donors (Lipinski definition) is 0. The Hall–Kier alpha value is -0.380. The third kappa shape index (κ3) is 3.21. The van der Waals surface area contributed by atoms with Crippen molar-refractivity contribution >= 4 is 0 Å². The Labute approximate surface area is 116 Å². The Kier molecular flexibility index (Phi) is 4.25. The third-order valence-corrected chi connectivity index (χ3v) is 4.91. The van der Waals surface area contributed by atoms with Gasteiger partial charge in [-0.1, -0.05) is 6.08 Å². The van der Waals surface area contributed by atoms with E-state index in [0.29, 0.717) is 12.7 Å². The topological polar surface area (TPSA) is 21.7 Å². The molecule has 0 radical (unpaired) electrons. The van der Waals surface area contributed by atoms with Crippen LogP contribution in [0.1, 0.15) is 32.1 Å². The van der Waals surface area contributed by atoms with Crippen LogP contribution in [-0.2, 0) is 9.47 Å². The van der Waals surface area contributed by atoms with Crippen LogP contribution in [-0.4, -0.2) is 50.5 Å². The molecule has 0 bridgehead atoms. The number of fused-ring (bicyclic) bond motifs is 1. The molecule has 0 aromatic heterocycles. The van der Waals surface area contributed by atoms with Gasteiger partial charge in [0.25, 0.3) is 0 Å². The lowest BCUT2D eigenvalue weighted by atomic mass is 9.73. The molecule has 0 amide bonds. The number of nitrogens with zero attached hydrogens (tertiary/aromatic N) is 1. The molecule has 3 rings (SSSR count). The van der Waals surface area contributed by atoms with Gasteiger partial charge in [0.1, 0.15) is 0 Å². The van der Waals surface area contributed by atoms with Gasteiger partial charge in [0.05, 0.1) is 19.3 Å². The second kappa shape index (κ2) is 5.94. The molecule has 0 unspecified atom stereocenters. The minimum atomic E-state index is 0.244. The van der Waals surface area contributed by atoms with Gasteiger partial charge in [-0.3, -0.25) is 0 Å². The number of rotatable bonds is 6. The van der Waals surface area contributed by atoms with Crippen molar-refractivity contribution in [2.24, 2.45) is 11.3 Å². The van der Waals surface area contributed by atoms with Gasteiger partial charge in [-0.05, 0) is 38.0 Å². The van der Waals surface area contributed by atoms with Crippen molar-refractivity contribution in [1.82, 2.24) is 4.90 Å². The number of ether oxygens (including phenoxy) is 2. The highest BCUT2D eigenvalue weighted by atomic mass is 16.5. The zero-order valence-electron chi connectivity index (χ0n) is 12.0. The second-order valence-electron chi connectivity index (χ2n) is 6.60. The highest BCUT2D eigenvalue weighted by molar-refractivity contribution is 4.97. The Morgan fingerprint density at radius 3 is 3.05 bits per heavy atom. The molecule has 2 saturated heterocycles. The highest BCUT2D eigenvalue weighted by Crippen LogP contribution is 2.41. The summed E-state index contributed by atoms with van der Waals surface area (Å²) in [5, 5.41) is 0. The first-order valence-corrected chi connectivity index (χ1v) is 7.85. The second-order valence-corrected chi connectivity index (χ2v) is 6.60. The van der Waals surface area contributed by atoms with E-state index in [4.69, 9.17) is 9.47 Å². The summed E-state index contributed by atoms with van der Waals surface area (Å²) >= 11 is 0. The monoisotopic (exact) mass is 265 g/mol. The summed E-state index contributed by atoms with van der Waals surface area (Å²) < 4.78 is 11.9. The molecule has 3 heteroatoms. The van der Waals surface area contributed by atoms with Crippen LogP contribution < -0.4 is 0 Å². The van der Waals surface area contributed by atoms with E-state index < -0.39 is 0 Å². The first-order chi connectivity index (χ1) is 9.32. The Morgan fingerprint density at radius 1 is 1.37 bits per heavy atom. The van der Waals surface area contributed by atoms with Gasteiger partial charge in [-0.2, -0.15) is 0 Å². The van der Waals surface area contributed by atoms with Gasteiger partial charge >= 0.3 is 0 Å². The van der Waals surface area contributed by atoms with E-state index in [2.05, 4.69) is 11.5 Å². The molecule has 3 aliphatic rings. The molecule has 2 atom stereocenters. The smallest absolute Gasteiger partial charge is 0.0677 e. The first-order valence-electron chi connectivity index (χ1n) is 7.85. The van der Waals surface area contributed by atoms with E-state index >= 15 is 0 Å². The lowest BCUT2D eigenvalue weighted by Gasteiger charge is -2.50. The van der Waals surface area contributed by atoms with E-state index in [0.717, 1.165) is 19.1 Å². The van der Waals surface area contributed by atoms with Crippen molar-refractivity contribution in [1.29, 1.82) is 0 Å². The zero-order chi connectivity index (χ0) is 13.1. The van der Waals surface area contributed by atoms with Crippen LogP contribution in [0.5, 0.6) is 0 Å². The van der Waals surface area contributed by atoms with Gasteiger partial charge in [-0.15, -0.1) is 6.58 Å². The molecule has 108 valence electrons. The van der Waals surface area contributed by atoms with Crippen LogP contribution in [0.25, 0.3) is 0 Å². The van der Waals surface area contributed by atoms with Gasteiger partial charge in [0.2, 0.25) is 0 Å². The fourth-order valence-corrected chi connectivity index (χ4v) is 3.76. The molecule has 0 spiro atoms. The van der Waals surface area contributed by atoms with Gasteiger partial charge in [0.15, 0.2) is 0 Å². The lowest BCUT2D eigenvalue weighted by Crippen LogP contribution is -2.57. The summed E-state index contributed by atoms with van der Waals surface area (Å²) in [5.74, 6) is 0.979. The molecule has 0 aromatic rings. The summed E-state index contributed by atoms with van der Waals surface area (Å²) in [6.07, 6.45) is 8.78. The van der Waals surface area contributed by atoms with Crippen molar-refractivity contribution < 1.29 is 9.47 Å². The number of likely N-dealkylation sites (tertiary alicyclic amines) is 1. The molecule has 3 fully saturated rings. The summed E-state index contributed by atoms with van der Waals surface area (Å²) in [5.41, 5.74) is 0.244. The van der Waals surface area contributed by atoms with Crippen molar-refractivity contribution in [3.05, 3.63) is 12.7 Å². The van der Waals surface area contributed by atoms with Crippen LogP contribution in [0.3, 0.4) is 0 Å². The molecular formula is C16H27NO2. The van der Waals surface area contributed by atoms with E-state index in [-0.39, 0.29) is 5.41 Å². The fraction of sp³-hybridized carbons (Fsp3) is 0.875. The molecule has 19 heavy (non-hydrogen) atoms. The summed E-state index contributed by atoms with van der Waals surface area (Å²) in [6, 6.07) is 0. The maximum atomic E-state index is 6.05. The van der Waals surface area contributed by atoms with Crippen LogP contribution >= 0.6 is 0 Å². The van der Waals surface area contributed by atoms with Crippen LogP contribution in [0.15, 0.2) is 12.7 Å². The van der Waals surface area contributed by atoms with Crippen molar-refractivity contribution in [2.45, 2.75) is 38.2 Å². The largest absolute Gasteiger partial charge is 0.377 e. The molecule has 1 saturated carbocycles. The predicted molar refractivity (Wildman–Crippen MR) is 76.2 cm³/mol. The fourth-order valence-electron chi connectivity index (χ4n) is 3.76. The molecule has 0 aromatic carbocycles. The van der Waals surface area contributed by atoms with Crippen LogP contribution in [0.2, 0.25) is 0 Å². The maximum Gasteiger partial charge on any atom is 0.0677 e. The summed E-state index contributed by atoms with van der Waals surface area (Å²) in [7, 11) is 0. The third-order valence-electron chi connectivity index (χ3n) is 4.91. The van der Waals surface area contributed by atoms with Crippen molar-refractivity contribution in [2.75, 3.05) is 39.5 Å². The van der Waals surface area contributed by atoms with E-state index in [1.165, 1.54) is 51.7 Å². The van der Waals surface area contributed by atoms with Gasteiger partial charge < -0.3 is 14.4 Å². The highest BCUT2D eigenvalue weighted by Gasteiger charge is 2.46. The molecule has 2 aliphatic heterocycles. The Bertz CT molecular complexity index is 316. The molecular weight excluding hydrogens is 238 g/mol. The molecule has 0 N–H and O–H groups in total. The van der Waals surface area contributed by atoms with Gasteiger partial charge in [0, 0.05) is 31.7 Å². The van der Waals surface area contributed by atoms with Crippen molar-refractivity contribution in [3.8, 4) is 0 Å². The van der Waals surface area contributed by atoms with Gasteiger partial charge in [-0.25, -0.2) is 0 Å². The van der Waals surface area contributed by atoms with Crippen LogP contribution in [0.4, 0.5) is 0 Å². The average Bonchev–Trinajstić information content (AvgIpc) is 3.23. The molecule has 3 nitrogen and oxygen atoms in total. The standard InChI is InChI=1S/C16H27NO2/c1-2-9-18-13-16-7-3-10-19-15(16)6-8-17(12-16)11-14-4-5-14/h2,14-15H,1,3-13H2/t15-,16+/m1/s1. The summed E-state index contributed by atoms with van der Waals surface area (Å²) in [6.45, 7) is 9.87. The summed E-state index contributed by atoms with van der Waals surface area (Å²) in [4.78, 5) is 2.67. The predicted octanol–water partition coefficient (Wildman–Crippen LogP) is 2.47. The normalized spacial score (nSPS) is 35.9. The molecule has 2 heterocycles. The maximum absolute atomic E-state index is 6.05. The first kappa shape index (κ1) is 13.6. The minimum absolute atomic E-state index is 0.244. The van der Waals surface area contributed by atoms with Crippen LogP contribution in [0, 0.1) is 11.3 Å².